The number of aromatic nitrogens is 2. The summed E-state index contributed by atoms with van der Waals surface area (Å²) in [6, 6.07) is 9.60. The Balaban J connectivity index is 2.06. The summed E-state index contributed by atoms with van der Waals surface area (Å²) in [6.07, 6.45) is 1.81. The summed E-state index contributed by atoms with van der Waals surface area (Å²) in [7, 11) is 0. The lowest BCUT2D eigenvalue weighted by Gasteiger charge is -2.20. The smallest absolute Gasteiger partial charge is 0.135 e. The van der Waals surface area contributed by atoms with Crippen molar-refractivity contribution in [2.75, 3.05) is 6.54 Å². The molecule has 0 unspecified atom stereocenters. The van der Waals surface area contributed by atoms with E-state index in [1.54, 1.807) is 12.3 Å². The van der Waals surface area contributed by atoms with E-state index in [4.69, 9.17) is 23.2 Å². The number of hydrogen-bond donors (Lipinski definition) is 0. The lowest BCUT2D eigenvalue weighted by molar-refractivity contribution is 0.268. The van der Waals surface area contributed by atoms with Crippen molar-refractivity contribution in [3.63, 3.8) is 0 Å². The van der Waals surface area contributed by atoms with Crippen LogP contribution in [0, 0.1) is 0 Å². The zero-order valence-electron chi connectivity index (χ0n) is 10.7. The van der Waals surface area contributed by atoms with Crippen molar-refractivity contribution in [2.45, 2.75) is 20.0 Å². The summed E-state index contributed by atoms with van der Waals surface area (Å²) in [5.41, 5.74) is 2.02. The Labute approximate surface area is 123 Å². The molecule has 100 valence electrons. The topological polar surface area (TPSA) is 29.0 Å². The maximum atomic E-state index is 6.10. The first-order valence-electron chi connectivity index (χ1n) is 6.12. The Hall–Kier alpha value is -1.16. The highest BCUT2D eigenvalue weighted by Gasteiger charge is 2.09. The lowest BCUT2D eigenvalue weighted by atomic mass is 10.2. The summed E-state index contributed by atoms with van der Waals surface area (Å²) in [5.74, 6) is 0. The van der Waals surface area contributed by atoms with Crippen LogP contribution in [0.4, 0.5) is 0 Å². The average molecular weight is 296 g/mol. The average Bonchev–Trinajstić information content (AvgIpc) is 2.42. The van der Waals surface area contributed by atoms with Gasteiger partial charge < -0.3 is 0 Å². The molecule has 19 heavy (non-hydrogen) atoms. The summed E-state index contributed by atoms with van der Waals surface area (Å²) in [6.45, 7) is 4.54. The summed E-state index contributed by atoms with van der Waals surface area (Å²) >= 11 is 11.9. The van der Waals surface area contributed by atoms with Gasteiger partial charge in [-0.1, -0.05) is 42.3 Å². The van der Waals surface area contributed by atoms with Crippen molar-refractivity contribution in [3.8, 4) is 0 Å². The second-order valence-electron chi connectivity index (χ2n) is 4.21. The number of halogens is 2. The number of hydrogen-bond acceptors (Lipinski definition) is 3. The summed E-state index contributed by atoms with van der Waals surface area (Å²) in [4.78, 5) is 10.6. The fourth-order valence-electron chi connectivity index (χ4n) is 1.80. The minimum absolute atomic E-state index is 0.418. The van der Waals surface area contributed by atoms with Crippen LogP contribution in [0.15, 0.2) is 36.5 Å². The zero-order valence-corrected chi connectivity index (χ0v) is 12.2. The van der Waals surface area contributed by atoms with Gasteiger partial charge in [-0.3, -0.25) is 9.88 Å². The van der Waals surface area contributed by atoms with Gasteiger partial charge in [0.2, 0.25) is 0 Å². The van der Waals surface area contributed by atoms with Crippen molar-refractivity contribution in [3.05, 3.63) is 58.1 Å². The van der Waals surface area contributed by atoms with Gasteiger partial charge in [0.1, 0.15) is 10.3 Å². The highest BCUT2D eigenvalue weighted by atomic mass is 35.5. The van der Waals surface area contributed by atoms with Crippen LogP contribution in [-0.4, -0.2) is 21.4 Å². The summed E-state index contributed by atoms with van der Waals surface area (Å²) < 4.78 is 0. The Morgan fingerprint density at radius 3 is 2.58 bits per heavy atom. The van der Waals surface area contributed by atoms with Crippen LogP contribution in [-0.2, 0) is 13.1 Å². The number of rotatable bonds is 5. The number of pyridine rings is 2. The van der Waals surface area contributed by atoms with Gasteiger partial charge >= 0.3 is 0 Å². The van der Waals surface area contributed by atoms with Crippen LogP contribution in [0.1, 0.15) is 18.2 Å². The van der Waals surface area contributed by atoms with Gasteiger partial charge in [0.25, 0.3) is 0 Å². The van der Waals surface area contributed by atoms with Crippen LogP contribution in [0.3, 0.4) is 0 Å². The molecule has 2 aromatic heterocycles. The molecule has 0 saturated heterocycles. The largest absolute Gasteiger partial charge is 0.293 e. The molecule has 2 rings (SSSR count). The third-order valence-corrected chi connectivity index (χ3v) is 3.38. The van der Waals surface area contributed by atoms with E-state index in [-0.39, 0.29) is 0 Å². The first-order valence-corrected chi connectivity index (χ1v) is 6.88. The Bertz CT molecular complexity index is 531. The molecule has 0 saturated carbocycles. The highest BCUT2D eigenvalue weighted by Crippen LogP contribution is 2.19. The van der Waals surface area contributed by atoms with Crippen molar-refractivity contribution >= 4 is 23.2 Å². The van der Waals surface area contributed by atoms with Crippen molar-refractivity contribution < 1.29 is 0 Å². The third-order valence-electron chi connectivity index (χ3n) is 2.84. The second-order valence-corrected chi connectivity index (χ2v) is 4.95. The van der Waals surface area contributed by atoms with E-state index < -0.39 is 0 Å². The molecule has 0 atom stereocenters. The van der Waals surface area contributed by atoms with E-state index >= 15 is 0 Å². The molecule has 0 radical (unpaired) electrons. The molecule has 0 amide bonds. The van der Waals surface area contributed by atoms with Gasteiger partial charge in [0, 0.05) is 24.8 Å². The van der Waals surface area contributed by atoms with E-state index in [9.17, 15) is 0 Å². The van der Waals surface area contributed by atoms with E-state index in [2.05, 4.69) is 21.8 Å². The van der Waals surface area contributed by atoms with Crippen LogP contribution >= 0.6 is 23.2 Å². The second kappa shape index (κ2) is 6.85. The molecule has 0 aliphatic heterocycles. The Kier molecular flexibility index (Phi) is 5.14. The van der Waals surface area contributed by atoms with Gasteiger partial charge in [-0.25, -0.2) is 4.98 Å². The molecule has 3 nitrogen and oxygen atoms in total. The molecular weight excluding hydrogens is 281 g/mol. The highest BCUT2D eigenvalue weighted by molar-refractivity contribution is 6.32. The van der Waals surface area contributed by atoms with Gasteiger partial charge in [0.15, 0.2) is 0 Å². The molecule has 0 aliphatic carbocycles. The third kappa shape index (κ3) is 4.16. The molecule has 2 aromatic rings. The molecular formula is C14H15Cl2N3. The Morgan fingerprint density at radius 2 is 1.95 bits per heavy atom. The normalized spacial score (nSPS) is 10.9. The summed E-state index contributed by atoms with van der Waals surface area (Å²) in [5, 5.41) is 0.883. The van der Waals surface area contributed by atoms with Crippen LogP contribution < -0.4 is 0 Å². The SMILES string of the molecule is CCN(Cc1ccccn1)Cc1ccc(Cl)nc1Cl. The predicted molar refractivity (Wildman–Crippen MR) is 78.3 cm³/mol. The molecule has 2 heterocycles. The van der Waals surface area contributed by atoms with E-state index in [1.807, 2.05) is 24.3 Å². The predicted octanol–water partition coefficient (Wildman–Crippen LogP) is 3.81. The standard InChI is InChI=1S/C14H15Cl2N3/c1-2-19(10-12-5-3-4-8-17-12)9-11-6-7-13(15)18-14(11)16/h3-8H,2,9-10H2,1H3. The fraction of sp³-hybridized carbons (Fsp3) is 0.286. The fourth-order valence-corrected chi connectivity index (χ4v) is 2.20. The molecule has 0 aliphatic rings. The van der Waals surface area contributed by atoms with Gasteiger partial charge in [-0.2, -0.15) is 0 Å². The van der Waals surface area contributed by atoms with Crippen molar-refractivity contribution in [2.24, 2.45) is 0 Å². The quantitative estimate of drug-likeness (QED) is 0.786. The monoisotopic (exact) mass is 295 g/mol. The van der Waals surface area contributed by atoms with Crippen LogP contribution in [0.5, 0.6) is 0 Å². The maximum absolute atomic E-state index is 6.10. The zero-order chi connectivity index (χ0) is 13.7. The van der Waals surface area contributed by atoms with Gasteiger partial charge in [0.05, 0.1) is 5.69 Å². The Morgan fingerprint density at radius 1 is 1.11 bits per heavy atom. The van der Waals surface area contributed by atoms with Gasteiger partial charge in [-0.15, -0.1) is 0 Å². The molecule has 0 spiro atoms. The number of nitrogens with zero attached hydrogens (tertiary/aromatic N) is 3. The van der Waals surface area contributed by atoms with Gasteiger partial charge in [-0.05, 0) is 24.7 Å². The molecule has 5 heteroatoms. The first-order chi connectivity index (χ1) is 9.19. The molecule has 0 N–H and O–H groups in total. The van der Waals surface area contributed by atoms with Crippen LogP contribution in [0.2, 0.25) is 10.3 Å². The lowest BCUT2D eigenvalue weighted by Crippen LogP contribution is -2.23. The molecule has 0 aromatic carbocycles. The maximum Gasteiger partial charge on any atom is 0.135 e. The molecule has 0 bridgehead atoms. The van der Waals surface area contributed by atoms with Crippen LogP contribution in [0.25, 0.3) is 0 Å². The minimum atomic E-state index is 0.418. The molecule has 0 fully saturated rings. The van der Waals surface area contributed by atoms with E-state index in [1.165, 1.54) is 0 Å². The first kappa shape index (κ1) is 14.3. The van der Waals surface area contributed by atoms with Crippen molar-refractivity contribution in [1.82, 2.24) is 14.9 Å². The van der Waals surface area contributed by atoms with Crippen molar-refractivity contribution in [1.29, 1.82) is 0 Å². The van der Waals surface area contributed by atoms with E-state index in [0.29, 0.717) is 10.3 Å². The van der Waals surface area contributed by atoms with E-state index in [0.717, 1.165) is 30.9 Å². The minimum Gasteiger partial charge on any atom is -0.293 e.